The second-order valence-electron chi connectivity index (χ2n) is 6.19. The van der Waals surface area contributed by atoms with Crippen molar-refractivity contribution in [2.45, 2.75) is 11.7 Å². The molecule has 7 nitrogen and oxygen atoms in total. The van der Waals surface area contributed by atoms with Crippen LogP contribution in [0.5, 0.6) is 11.5 Å². The van der Waals surface area contributed by atoms with Crippen LogP contribution < -0.4 is 9.47 Å². The highest BCUT2D eigenvalue weighted by Gasteiger charge is 2.17. The third-order valence-electron chi connectivity index (χ3n) is 4.21. The van der Waals surface area contributed by atoms with Gasteiger partial charge in [0.2, 0.25) is 12.7 Å². The minimum Gasteiger partial charge on any atom is -0.454 e. The number of ether oxygens (including phenoxy) is 2. The third-order valence-corrected chi connectivity index (χ3v) is 5.37. The Morgan fingerprint density at radius 3 is 2.96 bits per heavy atom. The van der Waals surface area contributed by atoms with Crippen LogP contribution in [0.4, 0.5) is 0 Å². The van der Waals surface area contributed by atoms with Crippen molar-refractivity contribution in [1.29, 1.82) is 0 Å². The lowest BCUT2D eigenvalue weighted by Gasteiger charge is -2.17. The molecule has 0 bridgehead atoms. The molecule has 4 rings (SSSR count). The molecule has 1 amide bonds. The van der Waals surface area contributed by atoms with E-state index in [2.05, 4.69) is 10.2 Å². The highest BCUT2D eigenvalue weighted by molar-refractivity contribution is 7.99. The van der Waals surface area contributed by atoms with E-state index in [4.69, 9.17) is 21.1 Å². The Bertz CT molecular complexity index is 1010. The fourth-order valence-electron chi connectivity index (χ4n) is 2.76. The lowest BCUT2D eigenvalue weighted by Crippen LogP contribution is -2.27. The SMILES string of the molecule is CN(Cc1ccc2c(c1)OCO2)C(=O)CSc1nncn1-c1cccc(Cl)c1. The van der Waals surface area contributed by atoms with Gasteiger partial charge in [0.25, 0.3) is 0 Å². The minimum absolute atomic E-state index is 0.0108. The number of carbonyl (C=O) groups is 1. The van der Waals surface area contributed by atoms with Crippen LogP contribution in [-0.4, -0.2) is 45.2 Å². The summed E-state index contributed by atoms with van der Waals surface area (Å²) in [5.41, 5.74) is 1.83. The van der Waals surface area contributed by atoms with Crippen molar-refractivity contribution in [1.82, 2.24) is 19.7 Å². The molecule has 0 saturated carbocycles. The molecular formula is C19H17ClN4O3S. The number of nitrogens with zero attached hydrogens (tertiary/aromatic N) is 4. The van der Waals surface area contributed by atoms with Gasteiger partial charge in [-0.25, -0.2) is 0 Å². The summed E-state index contributed by atoms with van der Waals surface area (Å²) >= 11 is 7.39. The summed E-state index contributed by atoms with van der Waals surface area (Å²) in [6, 6.07) is 13.1. The fourth-order valence-corrected chi connectivity index (χ4v) is 3.82. The molecule has 0 spiro atoms. The van der Waals surface area contributed by atoms with Crippen LogP contribution in [0.2, 0.25) is 5.02 Å². The molecule has 0 saturated heterocycles. The number of halogens is 1. The molecule has 0 atom stereocenters. The molecule has 2 heterocycles. The zero-order valence-corrected chi connectivity index (χ0v) is 16.6. The van der Waals surface area contributed by atoms with E-state index in [1.807, 2.05) is 41.0 Å². The standard InChI is InChI=1S/C19H17ClN4O3S/c1-23(9-13-5-6-16-17(7-13)27-12-26-16)18(25)10-28-19-22-21-11-24(19)15-4-2-3-14(20)8-15/h2-8,11H,9-10,12H2,1H3. The van der Waals surface area contributed by atoms with Crippen LogP contribution in [-0.2, 0) is 11.3 Å². The van der Waals surface area contributed by atoms with Gasteiger partial charge >= 0.3 is 0 Å². The van der Waals surface area contributed by atoms with Crippen molar-refractivity contribution in [3.05, 3.63) is 59.4 Å². The zero-order chi connectivity index (χ0) is 19.5. The molecule has 9 heteroatoms. The van der Waals surface area contributed by atoms with E-state index in [-0.39, 0.29) is 18.5 Å². The van der Waals surface area contributed by atoms with Crippen molar-refractivity contribution in [3.63, 3.8) is 0 Å². The summed E-state index contributed by atoms with van der Waals surface area (Å²) < 4.78 is 12.5. The van der Waals surface area contributed by atoms with Gasteiger partial charge in [-0.05, 0) is 35.9 Å². The normalized spacial score (nSPS) is 12.2. The maximum Gasteiger partial charge on any atom is 0.233 e. The lowest BCUT2D eigenvalue weighted by molar-refractivity contribution is -0.127. The Labute approximate surface area is 171 Å². The molecule has 3 aromatic rings. The molecule has 1 aliphatic rings. The molecule has 0 unspecified atom stereocenters. The topological polar surface area (TPSA) is 69.5 Å². The molecule has 144 valence electrons. The number of hydrogen-bond donors (Lipinski definition) is 0. The molecule has 1 aromatic heterocycles. The number of fused-ring (bicyclic) bond motifs is 1. The van der Waals surface area contributed by atoms with Gasteiger partial charge in [-0.1, -0.05) is 35.5 Å². The molecule has 2 aromatic carbocycles. The summed E-state index contributed by atoms with van der Waals surface area (Å²) in [6.45, 7) is 0.717. The summed E-state index contributed by atoms with van der Waals surface area (Å²) in [6.07, 6.45) is 1.61. The van der Waals surface area contributed by atoms with Gasteiger partial charge in [0.15, 0.2) is 16.7 Å². The maximum absolute atomic E-state index is 12.5. The smallest absolute Gasteiger partial charge is 0.233 e. The van der Waals surface area contributed by atoms with Gasteiger partial charge in [0.05, 0.1) is 11.4 Å². The lowest BCUT2D eigenvalue weighted by atomic mass is 10.2. The first-order chi connectivity index (χ1) is 13.6. The highest BCUT2D eigenvalue weighted by Crippen LogP contribution is 2.32. The quantitative estimate of drug-likeness (QED) is 0.573. The van der Waals surface area contributed by atoms with E-state index in [9.17, 15) is 4.79 Å². The molecule has 1 aliphatic heterocycles. The number of amides is 1. The van der Waals surface area contributed by atoms with Crippen LogP contribution >= 0.6 is 23.4 Å². The average molecular weight is 417 g/mol. The van der Waals surface area contributed by atoms with Gasteiger partial charge < -0.3 is 14.4 Å². The van der Waals surface area contributed by atoms with E-state index in [0.717, 1.165) is 17.0 Å². The van der Waals surface area contributed by atoms with Crippen LogP contribution in [0.15, 0.2) is 53.9 Å². The van der Waals surface area contributed by atoms with Gasteiger partial charge in [0, 0.05) is 18.6 Å². The highest BCUT2D eigenvalue weighted by atomic mass is 35.5. The van der Waals surface area contributed by atoms with Crippen LogP contribution in [0.3, 0.4) is 0 Å². The van der Waals surface area contributed by atoms with E-state index >= 15 is 0 Å². The van der Waals surface area contributed by atoms with Crippen molar-refractivity contribution in [2.75, 3.05) is 19.6 Å². The van der Waals surface area contributed by atoms with E-state index in [1.165, 1.54) is 11.8 Å². The van der Waals surface area contributed by atoms with Crippen molar-refractivity contribution in [3.8, 4) is 17.2 Å². The van der Waals surface area contributed by atoms with Crippen LogP contribution in [0.25, 0.3) is 5.69 Å². The first kappa shape index (κ1) is 18.6. The van der Waals surface area contributed by atoms with E-state index in [1.54, 1.807) is 24.3 Å². The maximum atomic E-state index is 12.5. The second kappa shape index (κ2) is 8.12. The third kappa shape index (κ3) is 4.07. The van der Waals surface area contributed by atoms with Gasteiger partial charge in [-0.3, -0.25) is 9.36 Å². The van der Waals surface area contributed by atoms with Gasteiger partial charge in [-0.2, -0.15) is 0 Å². The second-order valence-corrected chi connectivity index (χ2v) is 7.57. The van der Waals surface area contributed by atoms with E-state index < -0.39 is 0 Å². The number of aromatic nitrogens is 3. The Morgan fingerprint density at radius 1 is 1.25 bits per heavy atom. The van der Waals surface area contributed by atoms with Gasteiger partial charge in [-0.15, -0.1) is 10.2 Å². The van der Waals surface area contributed by atoms with Crippen LogP contribution in [0, 0.1) is 0 Å². The molecule has 0 fully saturated rings. The zero-order valence-electron chi connectivity index (χ0n) is 15.0. The molecule has 0 aliphatic carbocycles. The minimum atomic E-state index is -0.0108. The van der Waals surface area contributed by atoms with Crippen molar-refractivity contribution in [2.24, 2.45) is 0 Å². The predicted octanol–water partition coefficient (Wildman–Crippen LogP) is 3.40. The fraction of sp³-hybridized carbons (Fsp3) is 0.211. The Balaban J connectivity index is 1.38. The largest absolute Gasteiger partial charge is 0.454 e. The predicted molar refractivity (Wildman–Crippen MR) is 106 cm³/mol. The molecule has 28 heavy (non-hydrogen) atoms. The first-order valence-electron chi connectivity index (χ1n) is 8.51. The number of benzene rings is 2. The molecule has 0 N–H and O–H groups in total. The average Bonchev–Trinajstić information content (AvgIpc) is 3.34. The van der Waals surface area contributed by atoms with Crippen LogP contribution in [0.1, 0.15) is 5.56 Å². The Hall–Kier alpha value is -2.71. The summed E-state index contributed by atoms with van der Waals surface area (Å²) in [7, 11) is 1.77. The van der Waals surface area contributed by atoms with E-state index in [0.29, 0.717) is 22.5 Å². The monoisotopic (exact) mass is 416 g/mol. The summed E-state index contributed by atoms with van der Waals surface area (Å²) in [5, 5.41) is 9.32. The summed E-state index contributed by atoms with van der Waals surface area (Å²) in [4.78, 5) is 14.2. The van der Waals surface area contributed by atoms with Gasteiger partial charge in [0.1, 0.15) is 6.33 Å². The van der Waals surface area contributed by atoms with Crippen molar-refractivity contribution >= 4 is 29.3 Å². The summed E-state index contributed by atoms with van der Waals surface area (Å²) in [5.74, 6) is 1.68. The van der Waals surface area contributed by atoms with Crippen molar-refractivity contribution < 1.29 is 14.3 Å². The molecule has 0 radical (unpaired) electrons. The first-order valence-corrected chi connectivity index (χ1v) is 9.88. The number of thioether (sulfide) groups is 1. The number of rotatable bonds is 6. The molecular weight excluding hydrogens is 400 g/mol. The number of hydrogen-bond acceptors (Lipinski definition) is 6. The Kier molecular flexibility index (Phi) is 5.40. The number of carbonyl (C=O) groups excluding carboxylic acids is 1. The Morgan fingerprint density at radius 2 is 2.11 bits per heavy atom.